The Morgan fingerprint density at radius 2 is 1.94 bits per heavy atom. The molecule has 0 unspecified atom stereocenters. The van der Waals surface area contributed by atoms with Crippen LogP contribution < -0.4 is 16.0 Å². The van der Waals surface area contributed by atoms with Crippen LogP contribution in [0.4, 0.5) is 4.79 Å². The fourth-order valence-electron chi connectivity index (χ4n) is 2.57. The fraction of sp³-hybridized carbons (Fsp3) is 0.300. The van der Waals surface area contributed by atoms with E-state index >= 15 is 0 Å². The van der Waals surface area contributed by atoms with Crippen molar-refractivity contribution in [1.29, 1.82) is 0 Å². The second kappa shape index (κ2) is 13.4. The fourth-order valence-corrected chi connectivity index (χ4v) is 4.09. The number of benzene rings is 1. The molecule has 0 aliphatic carbocycles. The van der Waals surface area contributed by atoms with Gasteiger partial charge in [-0.25, -0.2) is 20.6 Å². The van der Waals surface area contributed by atoms with Crippen LogP contribution in [0, 0.1) is 6.92 Å². The minimum atomic E-state index is -0.343. The first-order chi connectivity index (χ1) is 15.8. The van der Waals surface area contributed by atoms with Gasteiger partial charge in [-0.1, -0.05) is 41.7 Å². The molecule has 0 aliphatic rings. The number of hydrogen-bond donors (Lipinski definition) is 2. The van der Waals surface area contributed by atoms with E-state index in [-0.39, 0.29) is 18.5 Å². The van der Waals surface area contributed by atoms with Gasteiger partial charge in [0.1, 0.15) is 18.6 Å². The molecule has 178 valence electrons. The van der Waals surface area contributed by atoms with Crippen molar-refractivity contribution in [3.8, 4) is 5.75 Å². The number of halogens is 3. The lowest BCUT2D eigenvalue weighted by atomic mass is 10.3. The van der Waals surface area contributed by atoms with Crippen molar-refractivity contribution in [2.45, 2.75) is 20.3 Å². The lowest BCUT2D eigenvalue weighted by Gasteiger charge is -2.22. The summed E-state index contributed by atoms with van der Waals surface area (Å²) >= 11 is 19.4. The Morgan fingerprint density at radius 1 is 1.24 bits per heavy atom. The van der Waals surface area contributed by atoms with Gasteiger partial charge < -0.3 is 9.64 Å². The van der Waals surface area contributed by atoms with E-state index in [1.54, 1.807) is 34.8 Å². The van der Waals surface area contributed by atoms with Gasteiger partial charge in [0, 0.05) is 29.3 Å². The number of carbonyl (C=O) groups excluding carboxylic acids is 2. The highest BCUT2D eigenvalue weighted by Crippen LogP contribution is 2.35. The molecule has 33 heavy (non-hydrogen) atoms. The maximum absolute atomic E-state index is 12.3. The smallest absolute Gasteiger partial charge is 0.329 e. The molecule has 3 aromatic rings. The molecule has 0 atom stereocenters. The zero-order valence-electron chi connectivity index (χ0n) is 17.9. The number of thiazole rings is 1. The van der Waals surface area contributed by atoms with Crippen LogP contribution in [-0.4, -0.2) is 51.1 Å². The number of nitrogen functional groups attached to an aromatic ring is 1. The molecule has 3 rings (SSSR count). The van der Waals surface area contributed by atoms with Gasteiger partial charge in [0.15, 0.2) is 5.75 Å². The number of amides is 2. The zero-order chi connectivity index (χ0) is 24.4. The van der Waals surface area contributed by atoms with Gasteiger partial charge in [-0.2, -0.15) is 0 Å². The first-order valence-corrected chi connectivity index (χ1v) is 11.8. The van der Waals surface area contributed by atoms with Crippen LogP contribution in [0.2, 0.25) is 15.1 Å². The van der Waals surface area contributed by atoms with Gasteiger partial charge in [-0.05, 0) is 25.5 Å². The van der Waals surface area contributed by atoms with Crippen molar-refractivity contribution in [3.63, 3.8) is 0 Å². The van der Waals surface area contributed by atoms with Crippen molar-refractivity contribution in [2.24, 2.45) is 5.84 Å². The molecule has 9 nitrogen and oxygen atoms in total. The molecule has 0 fully saturated rings. The first kappa shape index (κ1) is 26.9. The van der Waals surface area contributed by atoms with Gasteiger partial charge in [0.05, 0.1) is 21.6 Å². The standard InChI is InChI=1S/C15H16Cl3N3O2.C5H7N3OS/c1-2-4-20(15(22)21-5-3-19-10-21)6-7-23-14-12(17)8-11(16)9-13(14)18;1-3-7-4(2-10-3)5(9)8-6/h3,5,8-10H,2,4,6-7H2,1H3;2H,6H2,1H3,(H,8,9). The van der Waals surface area contributed by atoms with Gasteiger partial charge in [-0.3, -0.25) is 14.8 Å². The molecular formula is C20H23Cl3N6O3S. The molecule has 2 heterocycles. The van der Waals surface area contributed by atoms with Gasteiger partial charge in [-0.15, -0.1) is 11.3 Å². The number of aromatic nitrogens is 3. The van der Waals surface area contributed by atoms with E-state index in [0.717, 1.165) is 11.4 Å². The summed E-state index contributed by atoms with van der Waals surface area (Å²) in [6, 6.07) is 2.97. The number of rotatable bonds is 7. The van der Waals surface area contributed by atoms with Gasteiger partial charge in [0.25, 0.3) is 5.91 Å². The number of aryl methyl sites for hydroxylation is 1. The van der Waals surface area contributed by atoms with Crippen molar-refractivity contribution in [3.05, 3.63) is 62.0 Å². The Kier molecular flexibility index (Phi) is 10.9. The monoisotopic (exact) mass is 532 g/mol. The minimum absolute atomic E-state index is 0.152. The third-order valence-corrected chi connectivity index (χ3v) is 5.60. The predicted molar refractivity (Wildman–Crippen MR) is 130 cm³/mol. The third-order valence-electron chi connectivity index (χ3n) is 4.04. The third kappa shape index (κ3) is 8.17. The summed E-state index contributed by atoms with van der Waals surface area (Å²) in [7, 11) is 0. The second-order valence-electron chi connectivity index (χ2n) is 6.51. The van der Waals surface area contributed by atoms with Crippen molar-refractivity contribution >= 4 is 58.1 Å². The highest BCUT2D eigenvalue weighted by molar-refractivity contribution is 7.09. The van der Waals surface area contributed by atoms with E-state index in [0.29, 0.717) is 39.6 Å². The lowest BCUT2D eigenvalue weighted by Crippen LogP contribution is -2.37. The second-order valence-corrected chi connectivity index (χ2v) is 8.82. The Bertz CT molecular complexity index is 1040. The van der Waals surface area contributed by atoms with Crippen LogP contribution in [-0.2, 0) is 0 Å². The lowest BCUT2D eigenvalue weighted by molar-refractivity contribution is 0.0949. The Balaban J connectivity index is 0.000000321. The van der Waals surface area contributed by atoms with Gasteiger partial charge >= 0.3 is 6.03 Å². The molecule has 0 saturated carbocycles. The summed E-state index contributed by atoms with van der Waals surface area (Å²) < 4.78 is 7.05. The van der Waals surface area contributed by atoms with Crippen LogP contribution in [0.25, 0.3) is 0 Å². The highest BCUT2D eigenvalue weighted by Gasteiger charge is 2.15. The summed E-state index contributed by atoms with van der Waals surface area (Å²) in [5.41, 5.74) is 2.38. The molecular weight excluding hydrogens is 511 g/mol. The molecule has 0 aliphatic heterocycles. The summed E-state index contributed by atoms with van der Waals surface area (Å²) in [5.74, 6) is 4.90. The molecule has 0 radical (unpaired) electrons. The van der Waals surface area contributed by atoms with Crippen LogP contribution in [0.3, 0.4) is 0 Å². The average Bonchev–Trinajstić information content (AvgIpc) is 3.46. The van der Waals surface area contributed by atoms with Crippen molar-refractivity contribution in [2.75, 3.05) is 19.7 Å². The Labute approximate surface area is 210 Å². The number of hydrazine groups is 1. The molecule has 13 heteroatoms. The number of nitrogens with two attached hydrogens (primary N) is 1. The van der Waals surface area contributed by atoms with Crippen LogP contribution >= 0.6 is 46.1 Å². The maximum Gasteiger partial charge on any atom is 0.329 e. The normalized spacial score (nSPS) is 10.2. The number of ether oxygens (including phenoxy) is 1. The molecule has 0 bridgehead atoms. The van der Waals surface area contributed by atoms with Crippen LogP contribution in [0.1, 0.15) is 28.8 Å². The summed E-state index contributed by atoms with van der Waals surface area (Å²) in [6.07, 6.45) is 5.48. The number of carbonyl (C=O) groups is 2. The van der Waals surface area contributed by atoms with Crippen LogP contribution in [0.15, 0.2) is 36.2 Å². The Hall–Kier alpha value is -2.37. The summed E-state index contributed by atoms with van der Waals surface area (Å²) in [5, 5.41) is 3.64. The molecule has 2 amide bonds. The molecule has 1 aromatic carbocycles. The molecule has 0 spiro atoms. The SMILES string of the molecule is CCCN(CCOc1c(Cl)cc(Cl)cc1Cl)C(=O)n1ccnc1.Cc1nc(C(=O)NN)cs1. The summed E-state index contributed by atoms with van der Waals surface area (Å²) in [6.45, 7) is 5.12. The first-order valence-electron chi connectivity index (χ1n) is 9.74. The molecule has 2 aromatic heterocycles. The summed E-state index contributed by atoms with van der Waals surface area (Å²) in [4.78, 5) is 32.5. The number of imidazole rings is 1. The van der Waals surface area contributed by atoms with Crippen molar-refractivity contribution < 1.29 is 14.3 Å². The zero-order valence-corrected chi connectivity index (χ0v) is 21.0. The highest BCUT2D eigenvalue weighted by atomic mass is 35.5. The molecule has 0 saturated heterocycles. The number of nitrogens with one attached hydrogen (secondary N) is 1. The van der Waals surface area contributed by atoms with E-state index in [9.17, 15) is 9.59 Å². The quantitative estimate of drug-likeness (QED) is 0.259. The largest absolute Gasteiger partial charge is 0.489 e. The van der Waals surface area contributed by atoms with E-state index in [2.05, 4.69) is 9.97 Å². The van der Waals surface area contributed by atoms with E-state index in [1.807, 2.05) is 19.3 Å². The van der Waals surface area contributed by atoms with Gasteiger partial charge in [0.2, 0.25) is 0 Å². The van der Waals surface area contributed by atoms with Crippen LogP contribution in [0.5, 0.6) is 5.75 Å². The Morgan fingerprint density at radius 3 is 2.45 bits per heavy atom. The van der Waals surface area contributed by atoms with E-state index in [4.69, 9.17) is 45.4 Å². The topological polar surface area (TPSA) is 115 Å². The molecule has 3 N–H and O–H groups in total. The average molecular weight is 534 g/mol. The van der Waals surface area contributed by atoms with E-state index in [1.165, 1.54) is 22.2 Å². The number of nitrogens with zero attached hydrogens (tertiary/aromatic N) is 4. The van der Waals surface area contributed by atoms with E-state index < -0.39 is 0 Å². The predicted octanol–water partition coefficient (Wildman–Crippen LogP) is 4.66. The number of hydrogen-bond acceptors (Lipinski definition) is 7. The maximum atomic E-state index is 12.3. The van der Waals surface area contributed by atoms with Crippen molar-refractivity contribution in [1.82, 2.24) is 24.9 Å². The minimum Gasteiger partial charge on any atom is -0.489 e.